The van der Waals surface area contributed by atoms with Gasteiger partial charge in [-0.3, -0.25) is 0 Å². The number of methoxy groups -OCH3 is 1. The van der Waals surface area contributed by atoms with Crippen molar-refractivity contribution < 1.29 is 4.74 Å². The summed E-state index contributed by atoms with van der Waals surface area (Å²) in [6.07, 6.45) is 1.60. The molecule has 0 aliphatic carbocycles. The lowest BCUT2D eigenvalue weighted by Gasteiger charge is -2.18. The largest absolute Gasteiger partial charge is 0.480 e. The second-order valence-electron chi connectivity index (χ2n) is 4.04. The molecule has 0 saturated carbocycles. The van der Waals surface area contributed by atoms with Gasteiger partial charge in [0.1, 0.15) is 12.1 Å². The Morgan fingerprint density at radius 2 is 2.26 bits per heavy atom. The highest BCUT2D eigenvalue weighted by Gasteiger charge is 2.13. The summed E-state index contributed by atoms with van der Waals surface area (Å²) in [7, 11) is 3.65. The third-order valence-electron chi connectivity index (χ3n) is 2.79. The lowest BCUT2D eigenvalue weighted by molar-refractivity contribution is 0.397. The van der Waals surface area contributed by atoms with E-state index in [0.29, 0.717) is 12.4 Å². The minimum absolute atomic E-state index is 0.688. The van der Waals surface area contributed by atoms with E-state index in [0.717, 1.165) is 21.6 Å². The maximum absolute atomic E-state index is 5.24. The van der Waals surface area contributed by atoms with Crippen molar-refractivity contribution in [1.29, 1.82) is 0 Å². The van der Waals surface area contributed by atoms with Crippen molar-refractivity contribution in [2.75, 3.05) is 19.1 Å². The highest BCUT2D eigenvalue weighted by molar-refractivity contribution is 7.17. The lowest BCUT2D eigenvalue weighted by atomic mass is 10.3. The van der Waals surface area contributed by atoms with E-state index in [1.165, 1.54) is 11.5 Å². The van der Waals surface area contributed by atoms with Crippen molar-refractivity contribution in [3.63, 3.8) is 0 Å². The van der Waals surface area contributed by atoms with E-state index in [9.17, 15) is 0 Å². The van der Waals surface area contributed by atoms with Crippen molar-refractivity contribution in [3.05, 3.63) is 28.7 Å². The minimum Gasteiger partial charge on any atom is -0.480 e. The first-order valence-corrected chi connectivity index (χ1v) is 7.38. The van der Waals surface area contributed by atoms with Crippen LogP contribution in [0.1, 0.15) is 5.56 Å². The number of fused-ring (bicyclic) bond motifs is 1. The molecule has 0 N–H and O–H groups in total. The Balaban J connectivity index is 1.92. The number of ether oxygens (including phenoxy) is 1. The minimum atomic E-state index is 0.688. The summed E-state index contributed by atoms with van der Waals surface area (Å²) >= 11 is 3.06. The fourth-order valence-corrected chi connectivity index (χ4v) is 3.43. The van der Waals surface area contributed by atoms with Gasteiger partial charge < -0.3 is 9.64 Å². The number of thiophene rings is 1. The summed E-state index contributed by atoms with van der Waals surface area (Å²) < 4.78 is 10.5. The first-order valence-electron chi connectivity index (χ1n) is 5.66. The van der Waals surface area contributed by atoms with E-state index in [1.54, 1.807) is 24.8 Å². The third kappa shape index (κ3) is 2.26. The molecule has 0 radical (unpaired) electrons. The van der Waals surface area contributed by atoms with E-state index in [4.69, 9.17) is 4.74 Å². The lowest BCUT2D eigenvalue weighted by Crippen LogP contribution is -2.18. The van der Waals surface area contributed by atoms with Crippen molar-refractivity contribution in [3.8, 4) is 5.88 Å². The van der Waals surface area contributed by atoms with Crippen LogP contribution in [0.15, 0.2) is 23.2 Å². The van der Waals surface area contributed by atoms with Gasteiger partial charge in [-0.25, -0.2) is 9.97 Å². The molecule has 0 aliphatic rings. The SMILES string of the molecule is COc1nscc1CN(C)c1ncnc2ccsc12. The Bertz CT molecular complexity index is 694. The van der Waals surface area contributed by atoms with E-state index in [2.05, 4.69) is 19.2 Å². The zero-order valence-corrected chi connectivity index (χ0v) is 12.2. The predicted octanol–water partition coefficient (Wildman–Crippen LogP) is 2.79. The second-order valence-corrected chi connectivity index (χ2v) is 5.58. The molecular weight excluding hydrogens is 280 g/mol. The molecule has 0 amide bonds. The van der Waals surface area contributed by atoms with Crippen LogP contribution in [-0.2, 0) is 6.54 Å². The van der Waals surface area contributed by atoms with Crippen LogP contribution in [0.2, 0.25) is 0 Å². The average molecular weight is 292 g/mol. The third-order valence-corrected chi connectivity index (χ3v) is 4.35. The first kappa shape index (κ1) is 12.3. The molecule has 19 heavy (non-hydrogen) atoms. The van der Waals surface area contributed by atoms with Gasteiger partial charge in [0.15, 0.2) is 0 Å². The molecule has 3 aromatic rings. The zero-order valence-electron chi connectivity index (χ0n) is 10.5. The van der Waals surface area contributed by atoms with Crippen LogP contribution in [-0.4, -0.2) is 28.5 Å². The van der Waals surface area contributed by atoms with E-state index in [1.807, 2.05) is 23.9 Å². The molecule has 0 saturated heterocycles. The Morgan fingerprint density at radius 3 is 3.11 bits per heavy atom. The average Bonchev–Trinajstić information content (AvgIpc) is 3.05. The van der Waals surface area contributed by atoms with Crippen LogP contribution in [0.5, 0.6) is 5.88 Å². The summed E-state index contributed by atoms with van der Waals surface area (Å²) in [6, 6.07) is 2.01. The van der Waals surface area contributed by atoms with Crippen molar-refractivity contribution >= 4 is 38.9 Å². The molecule has 7 heteroatoms. The zero-order chi connectivity index (χ0) is 13.2. The van der Waals surface area contributed by atoms with E-state index in [-0.39, 0.29) is 0 Å². The normalized spacial score (nSPS) is 10.8. The number of aromatic nitrogens is 3. The van der Waals surface area contributed by atoms with E-state index < -0.39 is 0 Å². The summed E-state index contributed by atoms with van der Waals surface area (Å²) in [4.78, 5) is 10.7. The van der Waals surface area contributed by atoms with E-state index >= 15 is 0 Å². The van der Waals surface area contributed by atoms with Gasteiger partial charge in [0, 0.05) is 18.0 Å². The first-order chi connectivity index (χ1) is 9.29. The summed E-state index contributed by atoms with van der Waals surface area (Å²) in [5, 5.41) is 4.03. The molecule has 0 unspecified atom stereocenters. The number of hydrogen-bond donors (Lipinski definition) is 0. The second kappa shape index (κ2) is 5.10. The quantitative estimate of drug-likeness (QED) is 0.740. The van der Waals surface area contributed by atoms with Gasteiger partial charge in [0.2, 0.25) is 5.88 Å². The van der Waals surface area contributed by atoms with Crippen molar-refractivity contribution in [1.82, 2.24) is 14.3 Å². The molecule has 5 nitrogen and oxygen atoms in total. The Hall–Kier alpha value is -1.73. The predicted molar refractivity (Wildman–Crippen MR) is 78.2 cm³/mol. The van der Waals surface area contributed by atoms with Crippen LogP contribution in [0, 0.1) is 0 Å². The maximum atomic E-state index is 5.24. The number of nitrogens with zero attached hydrogens (tertiary/aromatic N) is 4. The number of hydrogen-bond acceptors (Lipinski definition) is 7. The van der Waals surface area contributed by atoms with Gasteiger partial charge in [0.05, 0.1) is 23.9 Å². The van der Waals surface area contributed by atoms with Gasteiger partial charge >= 0.3 is 0 Å². The smallest absolute Gasteiger partial charge is 0.229 e. The van der Waals surface area contributed by atoms with Crippen LogP contribution >= 0.6 is 22.9 Å². The highest BCUT2D eigenvalue weighted by atomic mass is 32.1. The van der Waals surface area contributed by atoms with Crippen molar-refractivity contribution in [2.45, 2.75) is 6.54 Å². The molecule has 0 atom stereocenters. The monoisotopic (exact) mass is 292 g/mol. The van der Waals surface area contributed by atoms with Crippen LogP contribution < -0.4 is 9.64 Å². The maximum Gasteiger partial charge on any atom is 0.229 e. The molecule has 3 rings (SSSR count). The number of anilines is 1. The van der Waals surface area contributed by atoms with Gasteiger partial charge in [-0.05, 0) is 23.0 Å². The topological polar surface area (TPSA) is 51.1 Å². The van der Waals surface area contributed by atoms with Crippen molar-refractivity contribution in [2.24, 2.45) is 0 Å². The molecule has 3 aromatic heterocycles. The molecule has 0 aliphatic heterocycles. The molecule has 0 bridgehead atoms. The van der Waals surface area contributed by atoms with Gasteiger partial charge in [-0.1, -0.05) is 0 Å². The molecule has 98 valence electrons. The molecule has 0 spiro atoms. The Labute approximate surface area is 118 Å². The number of rotatable bonds is 4. The summed E-state index contributed by atoms with van der Waals surface area (Å²) in [5.41, 5.74) is 2.05. The fraction of sp³-hybridized carbons (Fsp3) is 0.250. The molecular formula is C12H12N4OS2. The van der Waals surface area contributed by atoms with Crippen LogP contribution in [0.25, 0.3) is 10.2 Å². The molecule has 0 aromatic carbocycles. The van der Waals surface area contributed by atoms with Crippen LogP contribution in [0.4, 0.5) is 5.82 Å². The summed E-state index contributed by atoms with van der Waals surface area (Å²) in [5.74, 6) is 1.63. The standard InChI is InChI=1S/C12H12N4OS2/c1-16(5-8-6-19-15-12(8)17-2)11-10-9(3-4-18-10)13-7-14-11/h3-4,6-7H,5H2,1-2H3. The Morgan fingerprint density at radius 1 is 1.37 bits per heavy atom. The molecule has 3 heterocycles. The van der Waals surface area contributed by atoms with Gasteiger partial charge in [-0.2, -0.15) is 4.37 Å². The Kier molecular flexibility index (Phi) is 3.31. The molecule has 0 fully saturated rings. The highest BCUT2D eigenvalue weighted by Crippen LogP contribution is 2.29. The van der Waals surface area contributed by atoms with Crippen LogP contribution in [0.3, 0.4) is 0 Å². The summed E-state index contributed by atoms with van der Waals surface area (Å²) in [6.45, 7) is 0.712. The van der Waals surface area contributed by atoms with Gasteiger partial charge in [0.25, 0.3) is 0 Å². The fourth-order valence-electron chi connectivity index (χ4n) is 1.90. The van der Waals surface area contributed by atoms with Gasteiger partial charge in [-0.15, -0.1) is 11.3 Å².